The molecule has 2 N–H and O–H groups in total. The first-order valence-corrected chi connectivity index (χ1v) is 10.4. The molecule has 0 fully saturated rings. The van der Waals surface area contributed by atoms with Crippen molar-refractivity contribution < 1.29 is 9.59 Å². The minimum atomic E-state index is -0.713. The predicted molar refractivity (Wildman–Crippen MR) is 116 cm³/mol. The topological polar surface area (TPSA) is 84.0 Å². The summed E-state index contributed by atoms with van der Waals surface area (Å²) in [4.78, 5) is 25.1. The Morgan fingerprint density at radius 3 is 2.34 bits per heavy atom. The van der Waals surface area contributed by atoms with Gasteiger partial charge in [0.15, 0.2) is 0 Å². The zero-order chi connectivity index (χ0) is 20.8. The average Bonchev–Trinajstić information content (AvgIpc) is 3.17. The Hall–Kier alpha value is -2.77. The number of aromatic nitrogens is 2. The molecule has 0 aliphatic rings. The van der Waals surface area contributed by atoms with Crippen molar-refractivity contribution >= 4 is 39.9 Å². The van der Waals surface area contributed by atoms with E-state index in [1.165, 1.54) is 11.3 Å². The molecule has 0 spiro atoms. The molecule has 0 saturated carbocycles. The first-order valence-electron chi connectivity index (χ1n) is 9.17. The lowest BCUT2D eigenvalue weighted by Crippen LogP contribution is -2.46. The van der Waals surface area contributed by atoms with Gasteiger partial charge in [0.05, 0.1) is 0 Å². The quantitative estimate of drug-likeness (QED) is 0.591. The molecule has 29 heavy (non-hydrogen) atoms. The van der Waals surface area contributed by atoms with Crippen LogP contribution in [0.25, 0.3) is 10.6 Å². The third kappa shape index (κ3) is 5.85. The van der Waals surface area contributed by atoms with E-state index in [0.717, 1.165) is 11.1 Å². The van der Waals surface area contributed by atoms with Crippen LogP contribution in [0.2, 0.25) is 5.02 Å². The van der Waals surface area contributed by atoms with Crippen LogP contribution in [0.3, 0.4) is 0 Å². The van der Waals surface area contributed by atoms with Crippen LogP contribution in [0.4, 0.5) is 5.13 Å². The zero-order valence-corrected chi connectivity index (χ0v) is 17.6. The summed E-state index contributed by atoms with van der Waals surface area (Å²) in [7, 11) is 0. The van der Waals surface area contributed by atoms with E-state index >= 15 is 0 Å². The fourth-order valence-corrected chi connectivity index (χ4v) is 3.45. The highest BCUT2D eigenvalue weighted by atomic mass is 35.5. The Morgan fingerprint density at radius 1 is 1.00 bits per heavy atom. The highest BCUT2D eigenvalue weighted by Gasteiger charge is 2.23. The van der Waals surface area contributed by atoms with Crippen molar-refractivity contribution in [2.45, 2.75) is 26.3 Å². The summed E-state index contributed by atoms with van der Waals surface area (Å²) in [6, 6.07) is 16.1. The molecule has 0 aliphatic carbocycles. The van der Waals surface area contributed by atoms with Crippen LogP contribution in [0.1, 0.15) is 19.4 Å². The number of anilines is 1. The number of benzene rings is 2. The maximum atomic E-state index is 12.9. The highest BCUT2D eigenvalue weighted by Crippen LogP contribution is 2.27. The number of nitrogens with zero attached hydrogens (tertiary/aromatic N) is 2. The number of halogens is 1. The van der Waals surface area contributed by atoms with Gasteiger partial charge in [0.1, 0.15) is 11.0 Å². The van der Waals surface area contributed by atoms with E-state index in [0.29, 0.717) is 21.6 Å². The van der Waals surface area contributed by atoms with Crippen LogP contribution in [-0.2, 0) is 16.0 Å². The third-order valence-corrected chi connectivity index (χ3v) is 5.33. The number of amides is 2. The first-order chi connectivity index (χ1) is 13.9. The van der Waals surface area contributed by atoms with Gasteiger partial charge < -0.3 is 5.32 Å². The van der Waals surface area contributed by atoms with E-state index in [1.807, 2.05) is 42.5 Å². The van der Waals surface area contributed by atoms with Gasteiger partial charge in [0, 0.05) is 22.9 Å². The summed E-state index contributed by atoms with van der Waals surface area (Å²) < 4.78 is 0. The van der Waals surface area contributed by atoms with Crippen molar-refractivity contribution in [2.75, 3.05) is 5.32 Å². The predicted octanol–water partition coefficient (Wildman–Crippen LogP) is 4.18. The SMILES string of the molecule is CC(C)C(=O)NC(Cc1ccccc1)C(=O)Nc1nnc(-c2ccc(Cl)cc2)s1. The first kappa shape index (κ1) is 21.0. The van der Waals surface area contributed by atoms with E-state index in [4.69, 9.17) is 11.6 Å². The number of hydrogen-bond donors (Lipinski definition) is 2. The number of carbonyl (C=O) groups is 2. The number of rotatable bonds is 7. The summed E-state index contributed by atoms with van der Waals surface area (Å²) in [5.74, 6) is -0.735. The average molecular weight is 429 g/mol. The van der Waals surface area contributed by atoms with Gasteiger partial charge in [0.2, 0.25) is 16.9 Å². The van der Waals surface area contributed by atoms with Gasteiger partial charge in [-0.15, -0.1) is 10.2 Å². The lowest BCUT2D eigenvalue weighted by molar-refractivity contribution is -0.128. The second-order valence-corrected chi connectivity index (χ2v) is 8.23. The smallest absolute Gasteiger partial charge is 0.249 e. The fourth-order valence-electron chi connectivity index (χ4n) is 2.57. The minimum absolute atomic E-state index is 0.180. The summed E-state index contributed by atoms with van der Waals surface area (Å²) in [5.41, 5.74) is 1.82. The molecule has 6 nitrogen and oxygen atoms in total. The van der Waals surface area contributed by atoms with Gasteiger partial charge in [0.25, 0.3) is 0 Å². The molecular formula is C21H21ClN4O2S. The number of hydrogen-bond acceptors (Lipinski definition) is 5. The standard InChI is InChI=1S/C21H21ClN4O2S/c1-13(2)18(27)23-17(12-14-6-4-3-5-7-14)19(28)24-21-26-25-20(29-21)15-8-10-16(22)11-9-15/h3-11,13,17H,12H2,1-2H3,(H,23,27)(H,24,26,28). The summed E-state index contributed by atoms with van der Waals surface area (Å²) in [6.07, 6.45) is 0.383. The van der Waals surface area contributed by atoms with E-state index < -0.39 is 6.04 Å². The van der Waals surface area contributed by atoms with Gasteiger partial charge in [-0.05, 0) is 17.7 Å². The van der Waals surface area contributed by atoms with Crippen LogP contribution in [0.15, 0.2) is 54.6 Å². The molecule has 0 saturated heterocycles. The van der Waals surface area contributed by atoms with Crippen molar-refractivity contribution in [1.29, 1.82) is 0 Å². The number of carbonyl (C=O) groups excluding carboxylic acids is 2. The third-order valence-electron chi connectivity index (χ3n) is 4.19. The lowest BCUT2D eigenvalue weighted by atomic mass is 10.0. The Labute approximate surface area is 178 Å². The zero-order valence-electron chi connectivity index (χ0n) is 16.1. The molecule has 3 rings (SSSR count). The molecule has 1 unspecified atom stereocenters. The van der Waals surface area contributed by atoms with Gasteiger partial charge in [-0.25, -0.2) is 0 Å². The molecule has 0 radical (unpaired) electrons. The van der Waals surface area contributed by atoms with E-state index in [1.54, 1.807) is 26.0 Å². The van der Waals surface area contributed by atoms with Crippen LogP contribution in [-0.4, -0.2) is 28.1 Å². The maximum absolute atomic E-state index is 12.9. The van der Waals surface area contributed by atoms with Gasteiger partial charge in [-0.3, -0.25) is 14.9 Å². The molecule has 1 aromatic heterocycles. The Kier molecular flexibility index (Phi) is 6.95. The Morgan fingerprint density at radius 2 is 1.69 bits per heavy atom. The van der Waals surface area contributed by atoms with Crippen molar-refractivity contribution in [3.8, 4) is 10.6 Å². The summed E-state index contributed by atoms with van der Waals surface area (Å²) in [5, 5.41) is 15.4. The van der Waals surface area contributed by atoms with Crippen LogP contribution in [0.5, 0.6) is 0 Å². The molecule has 2 aromatic carbocycles. The Bertz CT molecular complexity index is 974. The van der Waals surface area contributed by atoms with Crippen LogP contribution in [0, 0.1) is 5.92 Å². The molecule has 8 heteroatoms. The molecule has 0 bridgehead atoms. The molecule has 3 aromatic rings. The normalized spacial score (nSPS) is 11.9. The van der Waals surface area contributed by atoms with Crippen LogP contribution >= 0.6 is 22.9 Å². The molecular weight excluding hydrogens is 408 g/mol. The highest BCUT2D eigenvalue weighted by molar-refractivity contribution is 7.18. The van der Waals surface area contributed by atoms with Gasteiger partial charge >= 0.3 is 0 Å². The van der Waals surface area contributed by atoms with Crippen molar-refractivity contribution in [2.24, 2.45) is 5.92 Å². The minimum Gasteiger partial charge on any atom is -0.344 e. The van der Waals surface area contributed by atoms with Crippen molar-refractivity contribution in [1.82, 2.24) is 15.5 Å². The summed E-state index contributed by atoms with van der Waals surface area (Å²) in [6.45, 7) is 3.58. The fraction of sp³-hybridized carbons (Fsp3) is 0.238. The van der Waals surface area contributed by atoms with Crippen molar-refractivity contribution in [3.63, 3.8) is 0 Å². The second kappa shape index (κ2) is 9.62. The monoisotopic (exact) mass is 428 g/mol. The largest absolute Gasteiger partial charge is 0.344 e. The molecule has 0 aliphatic heterocycles. The van der Waals surface area contributed by atoms with E-state index in [-0.39, 0.29) is 17.7 Å². The summed E-state index contributed by atoms with van der Waals surface area (Å²) >= 11 is 7.17. The van der Waals surface area contributed by atoms with E-state index in [9.17, 15) is 9.59 Å². The van der Waals surface area contributed by atoms with Gasteiger partial charge in [-0.2, -0.15) is 0 Å². The second-order valence-electron chi connectivity index (χ2n) is 6.81. The lowest BCUT2D eigenvalue weighted by Gasteiger charge is -2.19. The van der Waals surface area contributed by atoms with Crippen LogP contribution < -0.4 is 10.6 Å². The molecule has 1 atom stereocenters. The molecule has 2 amide bonds. The van der Waals surface area contributed by atoms with Crippen molar-refractivity contribution in [3.05, 3.63) is 65.2 Å². The molecule has 1 heterocycles. The molecule has 150 valence electrons. The van der Waals surface area contributed by atoms with Gasteiger partial charge in [-0.1, -0.05) is 79.2 Å². The number of nitrogens with one attached hydrogen (secondary N) is 2. The maximum Gasteiger partial charge on any atom is 0.249 e. The van der Waals surface area contributed by atoms with E-state index in [2.05, 4.69) is 20.8 Å². The Balaban J connectivity index is 1.73.